The zero-order valence-electron chi connectivity index (χ0n) is 30.0. The van der Waals surface area contributed by atoms with Gasteiger partial charge < -0.3 is 9.40 Å². The molecule has 251 valence electrons. The van der Waals surface area contributed by atoms with Crippen LogP contribution >= 0.6 is 0 Å². The van der Waals surface area contributed by atoms with Crippen molar-refractivity contribution in [3.63, 3.8) is 0 Å². The molecule has 3 nitrogen and oxygen atoms in total. The molecule has 5 heteroatoms. The van der Waals surface area contributed by atoms with Gasteiger partial charge >= 0.3 is 106 Å². The number of rotatable bonds is 5. The van der Waals surface area contributed by atoms with Crippen LogP contribution < -0.4 is 4.40 Å². The molecule has 0 aliphatic heterocycles. The van der Waals surface area contributed by atoms with Crippen LogP contribution in [0.25, 0.3) is 55.6 Å². The van der Waals surface area contributed by atoms with Crippen molar-refractivity contribution in [3.8, 4) is 33.6 Å². The molecule has 3 heterocycles. The molecule has 7 aromatic rings. The van der Waals surface area contributed by atoms with Gasteiger partial charge in [0.15, 0.2) is 0 Å². The summed E-state index contributed by atoms with van der Waals surface area (Å²) in [5.41, 5.74) is 14.5. The first kappa shape index (κ1) is 36.5. The molecular weight excluding hydrogens is 837 g/mol. The summed E-state index contributed by atoms with van der Waals surface area (Å²) in [5.74, 6) is 7.60. The predicted molar refractivity (Wildman–Crippen MR) is 206 cm³/mol. The number of benzene rings is 4. The number of hydrogen-bond donors (Lipinski definition) is 0. The molecule has 0 fully saturated rings. The number of fused-ring (bicyclic) bond motifs is 3. The van der Waals surface area contributed by atoms with Gasteiger partial charge in [-0.1, -0.05) is 66.3 Å². The Morgan fingerprint density at radius 1 is 0.694 bits per heavy atom. The summed E-state index contributed by atoms with van der Waals surface area (Å²) < 4.78 is 7.88. The summed E-state index contributed by atoms with van der Waals surface area (Å²) in [5, 5.41) is 2.22. The topological polar surface area (TPSA) is 38.9 Å². The van der Waals surface area contributed by atoms with Crippen LogP contribution in [-0.4, -0.2) is 23.2 Å². The largest absolute Gasteiger partial charge is 0 e. The second kappa shape index (κ2) is 15.0. The number of aromatic nitrogens is 2. The summed E-state index contributed by atoms with van der Waals surface area (Å²) >= 11 is -1.73. The van der Waals surface area contributed by atoms with Crippen LogP contribution in [0.3, 0.4) is 0 Å². The van der Waals surface area contributed by atoms with Crippen molar-refractivity contribution in [2.45, 2.75) is 64.7 Å². The fourth-order valence-corrected chi connectivity index (χ4v) is 8.56. The zero-order valence-corrected chi connectivity index (χ0v) is 34.4. The Kier molecular flexibility index (Phi) is 11.1. The van der Waals surface area contributed by atoms with E-state index in [0.717, 1.165) is 44.5 Å². The van der Waals surface area contributed by atoms with E-state index in [-0.39, 0.29) is 20.1 Å². The van der Waals surface area contributed by atoms with E-state index in [1.165, 1.54) is 43.3 Å². The summed E-state index contributed by atoms with van der Waals surface area (Å²) in [6, 6.07) is 36.4. The molecule has 4 aromatic carbocycles. The van der Waals surface area contributed by atoms with Crippen LogP contribution in [0, 0.1) is 39.8 Å². The fourth-order valence-electron chi connectivity index (χ4n) is 6.39. The van der Waals surface area contributed by atoms with E-state index in [4.69, 9.17) is 4.42 Å². The molecule has 0 saturated carbocycles. The molecule has 0 spiro atoms. The van der Waals surface area contributed by atoms with Gasteiger partial charge in [0, 0.05) is 31.7 Å². The Bertz CT molecular complexity index is 2220. The quantitative estimate of drug-likeness (QED) is 0.128. The minimum Gasteiger partial charge on any atom is 0 e. The maximum atomic E-state index is 6.43. The molecule has 0 aliphatic rings. The van der Waals surface area contributed by atoms with Gasteiger partial charge in [0.1, 0.15) is 5.58 Å². The number of aryl methyl sites for hydroxylation is 4. The van der Waals surface area contributed by atoms with Gasteiger partial charge in [-0.15, -0.1) is 18.2 Å². The Labute approximate surface area is 307 Å². The fraction of sp³-hybridized carbons (Fsp3) is 0.227. The van der Waals surface area contributed by atoms with Crippen LogP contribution in [0.2, 0.25) is 17.3 Å². The predicted octanol–water partition coefficient (Wildman–Crippen LogP) is 11.6. The Balaban J connectivity index is 0.000000221. The van der Waals surface area contributed by atoms with Crippen molar-refractivity contribution in [2.75, 3.05) is 0 Å². The van der Waals surface area contributed by atoms with Crippen LogP contribution in [0.5, 0.6) is 0 Å². The van der Waals surface area contributed by atoms with E-state index in [9.17, 15) is 0 Å². The third kappa shape index (κ3) is 7.99. The second-order valence-corrected chi connectivity index (χ2v) is 24.9. The van der Waals surface area contributed by atoms with E-state index in [2.05, 4.69) is 154 Å². The van der Waals surface area contributed by atoms with Crippen molar-refractivity contribution >= 4 is 39.6 Å². The SMILES string of the molecule is Cc1cc(C)c(-c2ccc3c(c2)oc2c(-c4cc(C(C)C)ccn4)[c-]ccc23)c(C)c1.Cc1cc[c-]c(-c2cc[c]([Ge]([CH3])([CH3])[CH3])cn2)c1.[Ir]. The number of hydrogen-bond acceptors (Lipinski definition) is 3. The van der Waals surface area contributed by atoms with Crippen molar-refractivity contribution in [2.24, 2.45) is 0 Å². The van der Waals surface area contributed by atoms with Crippen LogP contribution in [0.15, 0.2) is 102 Å². The maximum absolute atomic E-state index is 6.43. The molecule has 0 saturated heterocycles. The van der Waals surface area contributed by atoms with E-state index in [0.29, 0.717) is 5.92 Å². The van der Waals surface area contributed by atoms with Gasteiger partial charge in [-0.05, 0) is 66.8 Å². The van der Waals surface area contributed by atoms with Crippen molar-refractivity contribution in [1.82, 2.24) is 9.97 Å². The minimum atomic E-state index is -1.73. The van der Waals surface area contributed by atoms with Gasteiger partial charge in [0.25, 0.3) is 0 Å². The van der Waals surface area contributed by atoms with Crippen LogP contribution in [-0.2, 0) is 20.1 Å². The molecule has 0 amide bonds. The summed E-state index contributed by atoms with van der Waals surface area (Å²) in [4.78, 5) is 9.19. The third-order valence-electron chi connectivity index (χ3n) is 8.97. The van der Waals surface area contributed by atoms with Gasteiger partial charge in [-0.3, -0.25) is 0 Å². The Morgan fingerprint density at radius 2 is 1.43 bits per heavy atom. The van der Waals surface area contributed by atoms with E-state index < -0.39 is 13.3 Å². The average Bonchev–Trinajstić information content (AvgIpc) is 3.42. The van der Waals surface area contributed by atoms with Gasteiger partial charge in [-0.25, -0.2) is 0 Å². The molecule has 3 aromatic heterocycles. The zero-order chi connectivity index (χ0) is 34.2. The first-order valence-electron chi connectivity index (χ1n) is 16.8. The molecule has 49 heavy (non-hydrogen) atoms. The smallest absolute Gasteiger partial charge is 0 e. The van der Waals surface area contributed by atoms with Crippen LogP contribution in [0.1, 0.15) is 47.6 Å². The average molecular weight is 882 g/mol. The monoisotopic (exact) mass is 883 g/mol. The van der Waals surface area contributed by atoms with Gasteiger partial charge in [0.05, 0.1) is 5.58 Å². The Hall–Kier alpha value is -3.83. The van der Waals surface area contributed by atoms with Crippen LogP contribution in [0.4, 0.5) is 0 Å². The molecule has 0 unspecified atom stereocenters. The Morgan fingerprint density at radius 3 is 2.08 bits per heavy atom. The normalized spacial score (nSPS) is 11.4. The standard InChI is InChI=1S/C29H26NO.C15H18GeN.Ir/c1-17(2)21-11-12-30-26(15-21)25-8-6-7-24-23-10-9-22(16-27(23)31-29(24)25)28-19(4)13-18(3)14-20(28)5;1-12-6-5-7-13(10-12)15-9-8-14(11-17-15)16(2,3)4;/h6-7,9-17H,1-5H3;5-6,8-11H,1-4H3;/q2*-1;. The minimum absolute atomic E-state index is 0. The van der Waals surface area contributed by atoms with Gasteiger partial charge in [0.2, 0.25) is 0 Å². The van der Waals surface area contributed by atoms with Crippen molar-refractivity contribution in [1.29, 1.82) is 0 Å². The van der Waals surface area contributed by atoms with E-state index >= 15 is 0 Å². The third-order valence-corrected chi connectivity index (χ3v) is 13.2. The molecule has 0 bridgehead atoms. The molecule has 0 atom stereocenters. The van der Waals surface area contributed by atoms with Crippen molar-refractivity contribution < 1.29 is 24.5 Å². The first-order chi connectivity index (χ1) is 22.9. The summed E-state index contributed by atoms with van der Waals surface area (Å²) in [6.45, 7) is 13.0. The summed E-state index contributed by atoms with van der Waals surface area (Å²) in [7, 11) is 0. The number of furan rings is 1. The van der Waals surface area contributed by atoms with E-state index in [1.54, 1.807) is 0 Å². The molecule has 7 rings (SSSR count). The molecular formula is C44H44GeIrN2O-2. The second-order valence-electron chi connectivity index (χ2n) is 14.3. The van der Waals surface area contributed by atoms with Gasteiger partial charge in [-0.2, -0.15) is 0 Å². The maximum Gasteiger partial charge on any atom is 0 e. The molecule has 0 aliphatic carbocycles. The summed E-state index contributed by atoms with van der Waals surface area (Å²) in [6.07, 6.45) is 3.92. The number of nitrogens with zero attached hydrogens (tertiary/aromatic N) is 2. The number of pyridine rings is 2. The van der Waals surface area contributed by atoms with E-state index in [1.807, 2.05) is 24.5 Å². The first-order valence-corrected chi connectivity index (χ1v) is 24.1. The molecule has 0 N–H and O–H groups in total. The van der Waals surface area contributed by atoms with Crippen molar-refractivity contribution in [3.05, 3.63) is 137 Å². The molecule has 1 radical (unpaired) electrons.